The molecule has 3 aromatic heterocycles. The van der Waals surface area contributed by atoms with Crippen LogP contribution in [0.15, 0.2) is 36.8 Å². The second kappa shape index (κ2) is 8.12. The minimum absolute atomic E-state index is 0.668. The number of anilines is 1. The summed E-state index contributed by atoms with van der Waals surface area (Å²) in [6.45, 7) is 3.92. The summed E-state index contributed by atoms with van der Waals surface area (Å²) in [6.07, 6.45) is 5.50. The van der Waals surface area contributed by atoms with Gasteiger partial charge < -0.3 is 19.3 Å². The number of ether oxygens (including phenoxy) is 2. The van der Waals surface area contributed by atoms with Crippen LogP contribution in [0.25, 0.3) is 26.8 Å². The lowest BCUT2D eigenvalue weighted by atomic mass is 10.2. The summed E-state index contributed by atoms with van der Waals surface area (Å²) in [5.41, 5.74) is 2.69. The summed E-state index contributed by atoms with van der Waals surface area (Å²) in [5, 5.41) is 5.62. The maximum absolute atomic E-state index is 5.42. The summed E-state index contributed by atoms with van der Waals surface area (Å²) < 4.78 is 12.6. The Labute approximate surface area is 183 Å². The largest absolute Gasteiger partial charge is 0.493 e. The highest BCUT2D eigenvalue weighted by Crippen LogP contribution is 2.35. The first-order chi connectivity index (χ1) is 15.2. The van der Waals surface area contributed by atoms with Crippen molar-refractivity contribution in [3.05, 3.63) is 36.8 Å². The zero-order chi connectivity index (χ0) is 21.4. The molecule has 0 spiro atoms. The molecule has 1 aliphatic heterocycles. The van der Waals surface area contributed by atoms with Crippen molar-refractivity contribution in [1.82, 2.24) is 29.5 Å². The summed E-state index contributed by atoms with van der Waals surface area (Å²) >= 11 is 1.52. The van der Waals surface area contributed by atoms with E-state index in [1.54, 1.807) is 14.2 Å². The van der Waals surface area contributed by atoms with Crippen LogP contribution in [0, 0.1) is 0 Å². The standard InChI is InChI=1S/C21H23N7O2S/c1-26-6-8-27(9-7-26)20-22-11-15(12-23-20)16-13-24-21-28(16)25-19(31-21)14-4-5-17(29-2)18(10-14)30-3/h4-5,10-13H,6-9H2,1-3H3. The van der Waals surface area contributed by atoms with E-state index in [-0.39, 0.29) is 0 Å². The van der Waals surface area contributed by atoms with Crippen LogP contribution >= 0.6 is 11.3 Å². The van der Waals surface area contributed by atoms with E-state index in [4.69, 9.17) is 14.6 Å². The maximum atomic E-state index is 5.42. The van der Waals surface area contributed by atoms with Crippen molar-refractivity contribution in [2.75, 3.05) is 52.3 Å². The van der Waals surface area contributed by atoms with Gasteiger partial charge >= 0.3 is 0 Å². The molecule has 0 saturated carbocycles. The molecule has 0 aliphatic carbocycles. The topological polar surface area (TPSA) is 80.9 Å². The van der Waals surface area contributed by atoms with Crippen LogP contribution in [-0.2, 0) is 0 Å². The normalized spacial score (nSPS) is 14.9. The number of hydrogen-bond donors (Lipinski definition) is 0. The third-order valence-corrected chi connectivity index (χ3v) is 6.41. The molecule has 9 nitrogen and oxygen atoms in total. The minimum atomic E-state index is 0.668. The van der Waals surface area contributed by atoms with Gasteiger partial charge in [-0.25, -0.2) is 19.5 Å². The first-order valence-electron chi connectivity index (χ1n) is 9.99. The lowest BCUT2D eigenvalue weighted by Gasteiger charge is -2.32. The molecule has 4 heterocycles. The summed E-state index contributed by atoms with van der Waals surface area (Å²) in [4.78, 5) is 19.1. The van der Waals surface area contributed by atoms with Crippen molar-refractivity contribution in [2.24, 2.45) is 0 Å². The van der Waals surface area contributed by atoms with E-state index in [1.165, 1.54) is 11.3 Å². The average Bonchev–Trinajstić information content (AvgIpc) is 3.40. The Morgan fingerprint density at radius 2 is 1.61 bits per heavy atom. The van der Waals surface area contributed by atoms with Crippen molar-refractivity contribution >= 4 is 22.2 Å². The molecule has 0 N–H and O–H groups in total. The second-order valence-corrected chi connectivity index (χ2v) is 8.33. The third-order valence-electron chi connectivity index (χ3n) is 5.44. The molecular weight excluding hydrogens is 414 g/mol. The number of methoxy groups -OCH3 is 2. The van der Waals surface area contributed by atoms with Crippen LogP contribution in [0.3, 0.4) is 0 Å². The van der Waals surface area contributed by atoms with E-state index in [0.29, 0.717) is 11.5 Å². The number of fused-ring (bicyclic) bond motifs is 1. The minimum Gasteiger partial charge on any atom is -0.493 e. The Hall–Kier alpha value is -3.24. The third kappa shape index (κ3) is 3.68. The van der Waals surface area contributed by atoms with E-state index < -0.39 is 0 Å². The first kappa shape index (κ1) is 19.7. The van der Waals surface area contributed by atoms with Crippen molar-refractivity contribution < 1.29 is 9.47 Å². The SMILES string of the molecule is COc1ccc(-c2nn3c(-c4cnc(N5CCN(C)CC5)nc4)cnc3s2)cc1OC. The van der Waals surface area contributed by atoms with E-state index in [0.717, 1.165) is 58.9 Å². The number of benzene rings is 1. The molecule has 1 saturated heterocycles. The van der Waals surface area contributed by atoms with Crippen molar-refractivity contribution in [2.45, 2.75) is 0 Å². The van der Waals surface area contributed by atoms with Gasteiger partial charge in [0.2, 0.25) is 10.9 Å². The smallest absolute Gasteiger partial charge is 0.225 e. The molecule has 1 aromatic carbocycles. The number of imidazole rings is 1. The van der Waals surface area contributed by atoms with Crippen LogP contribution in [-0.4, -0.2) is 76.9 Å². The van der Waals surface area contributed by atoms with Crippen LogP contribution < -0.4 is 14.4 Å². The van der Waals surface area contributed by atoms with Gasteiger partial charge in [0.05, 0.1) is 26.1 Å². The number of rotatable bonds is 5. The molecule has 5 rings (SSSR count). The summed E-state index contributed by atoms with van der Waals surface area (Å²) in [6, 6.07) is 5.77. The first-order valence-corrected chi connectivity index (χ1v) is 10.8. The number of aromatic nitrogens is 5. The molecule has 4 aromatic rings. The average molecular weight is 438 g/mol. The highest BCUT2D eigenvalue weighted by molar-refractivity contribution is 7.19. The Balaban J connectivity index is 1.43. The fraction of sp³-hybridized carbons (Fsp3) is 0.333. The highest BCUT2D eigenvalue weighted by Gasteiger charge is 2.18. The van der Waals surface area contributed by atoms with Gasteiger partial charge in [-0.2, -0.15) is 5.10 Å². The Morgan fingerprint density at radius 3 is 2.32 bits per heavy atom. The quantitative estimate of drug-likeness (QED) is 0.471. The lowest BCUT2D eigenvalue weighted by molar-refractivity contribution is 0.311. The van der Waals surface area contributed by atoms with E-state index >= 15 is 0 Å². The van der Waals surface area contributed by atoms with Gasteiger partial charge in [0, 0.05) is 49.7 Å². The summed E-state index contributed by atoms with van der Waals surface area (Å²) in [5.74, 6) is 2.12. The molecule has 0 unspecified atom stereocenters. The monoisotopic (exact) mass is 437 g/mol. The van der Waals surface area contributed by atoms with E-state index in [1.807, 2.05) is 41.3 Å². The zero-order valence-corrected chi connectivity index (χ0v) is 18.5. The van der Waals surface area contributed by atoms with Gasteiger partial charge in [-0.15, -0.1) is 0 Å². The van der Waals surface area contributed by atoms with Gasteiger partial charge in [-0.05, 0) is 25.2 Å². The fourth-order valence-electron chi connectivity index (χ4n) is 3.60. The molecule has 31 heavy (non-hydrogen) atoms. The summed E-state index contributed by atoms with van der Waals surface area (Å²) in [7, 11) is 5.38. The predicted molar refractivity (Wildman–Crippen MR) is 120 cm³/mol. The molecule has 0 bridgehead atoms. The molecule has 1 aliphatic rings. The Bertz CT molecular complexity index is 1200. The van der Waals surface area contributed by atoms with Gasteiger partial charge in [0.15, 0.2) is 11.5 Å². The number of piperazine rings is 1. The number of likely N-dealkylation sites (N-methyl/N-ethyl adjacent to an activating group) is 1. The number of nitrogens with zero attached hydrogens (tertiary/aromatic N) is 7. The maximum Gasteiger partial charge on any atom is 0.225 e. The van der Waals surface area contributed by atoms with Crippen molar-refractivity contribution in [1.29, 1.82) is 0 Å². The van der Waals surface area contributed by atoms with Crippen molar-refractivity contribution in [3.63, 3.8) is 0 Å². The molecule has 0 radical (unpaired) electrons. The van der Waals surface area contributed by atoms with Crippen LogP contribution in [0.2, 0.25) is 0 Å². The highest BCUT2D eigenvalue weighted by atomic mass is 32.1. The molecule has 10 heteroatoms. The van der Waals surface area contributed by atoms with Crippen molar-refractivity contribution in [3.8, 4) is 33.3 Å². The van der Waals surface area contributed by atoms with E-state index in [2.05, 4.69) is 31.8 Å². The van der Waals surface area contributed by atoms with Crippen LogP contribution in [0.4, 0.5) is 5.95 Å². The lowest BCUT2D eigenvalue weighted by Crippen LogP contribution is -2.45. The molecular formula is C21H23N7O2S. The fourth-order valence-corrected chi connectivity index (χ4v) is 4.47. The Kier molecular flexibility index (Phi) is 5.16. The van der Waals surface area contributed by atoms with Crippen LogP contribution in [0.5, 0.6) is 11.5 Å². The van der Waals surface area contributed by atoms with Gasteiger partial charge in [0.25, 0.3) is 0 Å². The van der Waals surface area contributed by atoms with Crippen LogP contribution in [0.1, 0.15) is 0 Å². The van der Waals surface area contributed by atoms with Gasteiger partial charge in [-0.1, -0.05) is 11.3 Å². The Morgan fingerprint density at radius 1 is 0.871 bits per heavy atom. The molecule has 0 atom stereocenters. The molecule has 0 amide bonds. The zero-order valence-electron chi connectivity index (χ0n) is 17.6. The molecule has 160 valence electrons. The van der Waals surface area contributed by atoms with Gasteiger partial charge in [0.1, 0.15) is 5.01 Å². The van der Waals surface area contributed by atoms with Gasteiger partial charge in [-0.3, -0.25) is 0 Å². The molecule has 1 fully saturated rings. The number of hydrogen-bond acceptors (Lipinski definition) is 9. The second-order valence-electron chi connectivity index (χ2n) is 7.38. The predicted octanol–water partition coefficient (Wildman–Crippen LogP) is 2.68. The van der Waals surface area contributed by atoms with E-state index in [9.17, 15) is 0 Å².